The van der Waals surface area contributed by atoms with Crippen LogP contribution in [0.5, 0.6) is 0 Å². The molecule has 24 heavy (non-hydrogen) atoms. The van der Waals surface area contributed by atoms with Gasteiger partial charge in [-0.05, 0) is 19.9 Å². The molecule has 0 saturated carbocycles. The normalized spacial score (nSPS) is 15.4. The topological polar surface area (TPSA) is 95.8 Å². The van der Waals surface area contributed by atoms with Gasteiger partial charge in [0.1, 0.15) is 0 Å². The number of nitrogens with zero attached hydrogens (tertiary/aromatic N) is 3. The van der Waals surface area contributed by atoms with Gasteiger partial charge in [-0.15, -0.1) is 0 Å². The van der Waals surface area contributed by atoms with Gasteiger partial charge in [0.15, 0.2) is 6.29 Å². The number of nitrogens with one attached hydrogen (secondary N) is 1. The van der Waals surface area contributed by atoms with Crippen LogP contribution in [-0.4, -0.2) is 60.8 Å². The first-order valence-electron chi connectivity index (χ1n) is 7.91. The predicted octanol–water partition coefficient (Wildman–Crippen LogP) is 1.05. The third kappa shape index (κ3) is 4.51. The Labute approximate surface area is 140 Å². The van der Waals surface area contributed by atoms with E-state index in [2.05, 4.69) is 10.2 Å². The summed E-state index contributed by atoms with van der Waals surface area (Å²) in [5.74, 6) is 0.00219. The van der Waals surface area contributed by atoms with E-state index in [1.54, 1.807) is 6.07 Å². The summed E-state index contributed by atoms with van der Waals surface area (Å²) in [6.45, 7) is 6.91. The number of benzene rings is 1. The highest BCUT2D eigenvalue weighted by molar-refractivity contribution is 5.86. The molecule has 0 radical (unpaired) electrons. The van der Waals surface area contributed by atoms with Crippen molar-refractivity contribution in [2.75, 3.05) is 37.6 Å². The Morgan fingerprint density at radius 2 is 2.00 bits per heavy atom. The highest BCUT2D eigenvalue weighted by atomic mass is 16.6. The molecular formula is C16H22N4O4. The quantitative estimate of drug-likeness (QED) is 0.475. The molecule has 130 valence electrons. The summed E-state index contributed by atoms with van der Waals surface area (Å²) in [5, 5.41) is 13.7. The van der Waals surface area contributed by atoms with Crippen LogP contribution in [-0.2, 0) is 4.79 Å². The first-order chi connectivity index (χ1) is 11.4. The number of nitro benzene ring substituents is 1. The summed E-state index contributed by atoms with van der Waals surface area (Å²) < 4.78 is 0. The number of hydrogen-bond donors (Lipinski definition) is 1. The second kappa shape index (κ2) is 7.87. The number of aldehydes is 1. The van der Waals surface area contributed by atoms with E-state index in [0.717, 1.165) is 0 Å². The molecule has 1 fully saturated rings. The lowest BCUT2D eigenvalue weighted by molar-refractivity contribution is -0.384. The first-order valence-corrected chi connectivity index (χ1v) is 7.91. The zero-order chi connectivity index (χ0) is 17.7. The van der Waals surface area contributed by atoms with Gasteiger partial charge in [0.2, 0.25) is 5.91 Å². The summed E-state index contributed by atoms with van der Waals surface area (Å²) in [6.07, 6.45) is 0.644. The van der Waals surface area contributed by atoms with E-state index in [0.29, 0.717) is 50.3 Å². The molecule has 1 amide bonds. The number of carbonyl (C=O) groups excluding carboxylic acids is 2. The molecule has 1 aromatic rings. The number of nitro groups is 1. The number of hydrogen-bond acceptors (Lipinski definition) is 6. The maximum Gasteiger partial charge on any atom is 0.270 e. The lowest BCUT2D eigenvalue weighted by Crippen LogP contribution is -2.50. The SMILES string of the molecule is CC(C)NC(=O)CN1CCN(c2ccc([N+](=O)[O-])cc2C=O)CC1. The summed E-state index contributed by atoms with van der Waals surface area (Å²) in [6, 6.07) is 4.44. The van der Waals surface area contributed by atoms with Gasteiger partial charge in [-0.25, -0.2) is 0 Å². The number of rotatable bonds is 6. The fraction of sp³-hybridized carbons (Fsp3) is 0.500. The minimum Gasteiger partial charge on any atom is -0.368 e. The summed E-state index contributed by atoms with van der Waals surface area (Å²) in [7, 11) is 0. The average Bonchev–Trinajstić information content (AvgIpc) is 2.54. The van der Waals surface area contributed by atoms with Gasteiger partial charge >= 0.3 is 0 Å². The molecule has 8 nitrogen and oxygen atoms in total. The van der Waals surface area contributed by atoms with E-state index in [1.807, 2.05) is 18.7 Å². The Morgan fingerprint density at radius 1 is 1.33 bits per heavy atom. The van der Waals surface area contributed by atoms with E-state index < -0.39 is 4.92 Å². The van der Waals surface area contributed by atoms with Crippen LogP contribution in [0.4, 0.5) is 11.4 Å². The largest absolute Gasteiger partial charge is 0.368 e. The number of piperazine rings is 1. The van der Waals surface area contributed by atoms with Crippen molar-refractivity contribution in [1.82, 2.24) is 10.2 Å². The molecule has 0 aromatic heterocycles. The Kier molecular flexibility index (Phi) is 5.86. The lowest BCUT2D eigenvalue weighted by atomic mass is 10.1. The molecule has 1 aromatic carbocycles. The second-order valence-corrected chi connectivity index (χ2v) is 6.10. The summed E-state index contributed by atoms with van der Waals surface area (Å²) in [4.78, 5) is 37.4. The van der Waals surface area contributed by atoms with Crippen LogP contribution in [0.1, 0.15) is 24.2 Å². The van der Waals surface area contributed by atoms with Gasteiger partial charge in [-0.2, -0.15) is 0 Å². The van der Waals surface area contributed by atoms with Crippen molar-refractivity contribution in [3.8, 4) is 0 Å². The standard InChI is InChI=1S/C16H22N4O4/c1-12(2)17-16(22)10-18-5-7-19(8-6-18)15-4-3-14(20(23)24)9-13(15)11-21/h3-4,9,11-12H,5-8,10H2,1-2H3,(H,17,22). The molecule has 1 aliphatic rings. The Bertz CT molecular complexity index is 625. The minimum atomic E-state index is -0.512. The monoisotopic (exact) mass is 334 g/mol. The van der Waals surface area contributed by atoms with Gasteiger partial charge in [0, 0.05) is 55.6 Å². The van der Waals surface area contributed by atoms with Crippen molar-refractivity contribution < 1.29 is 14.5 Å². The zero-order valence-corrected chi connectivity index (χ0v) is 13.9. The van der Waals surface area contributed by atoms with Gasteiger partial charge < -0.3 is 10.2 Å². The van der Waals surface area contributed by atoms with Crippen molar-refractivity contribution >= 4 is 23.6 Å². The van der Waals surface area contributed by atoms with Crippen molar-refractivity contribution in [2.24, 2.45) is 0 Å². The van der Waals surface area contributed by atoms with Crippen LogP contribution in [0, 0.1) is 10.1 Å². The average molecular weight is 334 g/mol. The van der Waals surface area contributed by atoms with Crippen LogP contribution in [0.2, 0.25) is 0 Å². The molecule has 0 atom stereocenters. The van der Waals surface area contributed by atoms with E-state index in [9.17, 15) is 19.7 Å². The van der Waals surface area contributed by atoms with Gasteiger partial charge in [-0.3, -0.25) is 24.6 Å². The number of non-ortho nitro benzene ring substituents is 1. The zero-order valence-electron chi connectivity index (χ0n) is 13.9. The molecule has 1 aliphatic heterocycles. The van der Waals surface area contributed by atoms with Crippen molar-refractivity contribution in [3.05, 3.63) is 33.9 Å². The minimum absolute atomic E-state index is 0.00219. The van der Waals surface area contributed by atoms with Crippen molar-refractivity contribution in [1.29, 1.82) is 0 Å². The molecule has 0 unspecified atom stereocenters. The molecule has 8 heteroatoms. The first kappa shape index (κ1) is 17.9. The Hall–Kier alpha value is -2.48. The van der Waals surface area contributed by atoms with E-state index >= 15 is 0 Å². The van der Waals surface area contributed by atoms with E-state index in [-0.39, 0.29) is 17.6 Å². The Balaban J connectivity index is 1.98. The highest BCUT2D eigenvalue weighted by Crippen LogP contribution is 2.25. The van der Waals surface area contributed by atoms with Gasteiger partial charge in [-0.1, -0.05) is 0 Å². The fourth-order valence-electron chi connectivity index (χ4n) is 2.76. The van der Waals surface area contributed by atoms with Crippen LogP contribution in [0.3, 0.4) is 0 Å². The molecule has 1 N–H and O–H groups in total. The number of carbonyl (C=O) groups is 2. The van der Waals surface area contributed by atoms with Crippen molar-refractivity contribution in [2.45, 2.75) is 19.9 Å². The van der Waals surface area contributed by atoms with Crippen LogP contribution >= 0.6 is 0 Å². The molecule has 1 saturated heterocycles. The molecule has 0 spiro atoms. The van der Waals surface area contributed by atoms with Crippen molar-refractivity contribution in [3.63, 3.8) is 0 Å². The highest BCUT2D eigenvalue weighted by Gasteiger charge is 2.22. The molecule has 0 aliphatic carbocycles. The second-order valence-electron chi connectivity index (χ2n) is 6.10. The van der Waals surface area contributed by atoms with Gasteiger partial charge in [0.05, 0.1) is 11.5 Å². The summed E-state index contributed by atoms with van der Waals surface area (Å²) >= 11 is 0. The third-order valence-corrected chi connectivity index (χ3v) is 3.88. The molecule has 0 bridgehead atoms. The molecule has 2 rings (SSSR count). The van der Waals surface area contributed by atoms with E-state index in [4.69, 9.17) is 0 Å². The smallest absolute Gasteiger partial charge is 0.270 e. The third-order valence-electron chi connectivity index (χ3n) is 3.88. The maximum atomic E-state index is 11.8. The van der Waals surface area contributed by atoms with Gasteiger partial charge in [0.25, 0.3) is 5.69 Å². The van der Waals surface area contributed by atoms with Crippen LogP contribution in [0.15, 0.2) is 18.2 Å². The molecule has 1 heterocycles. The fourth-order valence-corrected chi connectivity index (χ4v) is 2.76. The number of anilines is 1. The van der Waals surface area contributed by atoms with E-state index in [1.165, 1.54) is 12.1 Å². The number of amides is 1. The maximum absolute atomic E-state index is 11.8. The Morgan fingerprint density at radius 3 is 2.54 bits per heavy atom. The lowest BCUT2D eigenvalue weighted by Gasteiger charge is -2.36. The van der Waals surface area contributed by atoms with Crippen LogP contribution < -0.4 is 10.2 Å². The predicted molar refractivity (Wildman–Crippen MR) is 90.4 cm³/mol. The molecular weight excluding hydrogens is 312 g/mol. The van der Waals surface area contributed by atoms with Crippen LogP contribution in [0.25, 0.3) is 0 Å². The summed E-state index contributed by atoms with van der Waals surface area (Å²) in [5.41, 5.74) is 0.918.